The Bertz CT molecular complexity index is 579. The molecule has 0 radical (unpaired) electrons. The van der Waals surface area contributed by atoms with Gasteiger partial charge >= 0.3 is 17.1 Å². The zero-order valence-electron chi connectivity index (χ0n) is 9.44. The molecule has 1 aromatic heterocycles. The van der Waals surface area contributed by atoms with Crippen LogP contribution < -0.4 is 0 Å². The van der Waals surface area contributed by atoms with Crippen LogP contribution in [0.4, 0.5) is 5.82 Å². The first-order chi connectivity index (χ1) is 8.66. The third kappa shape index (κ3) is 4.40. The van der Waals surface area contributed by atoms with Crippen molar-refractivity contribution in [2.24, 2.45) is 5.10 Å². The van der Waals surface area contributed by atoms with E-state index < -0.39 is 0 Å². The molecule has 0 saturated heterocycles. The maximum Gasteiger partial charge on any atom is 2.00 e. The second kappa shape index (κ2) is 7.36. The number of hydrogen-bond acceptors (Lipinski definition) is 3. The molecule has 0 aliphatic rings. The normalized spacial score (nSPS) is 10.2. The number of aromatic nitrogens is 1. The molecule has 7 heteroatoms. The molecule has 2 aromatic rings. The molecule has 0 amide bonds. The standard InChI is InChI=1S/C12H8Cl2N3O.Fe/c13-9-5-8(12(18)10(14)6-9)7-16-17-11-3-1-2-4-15-11;/h1-7H,(H-,15,16,17,18);/q-1;+2. The van der Waals surface area contributed by atoms with Crippen molar-refractivity contribution in [2.75, 3.05) is 0 Å². The summed E-state index contributed by atoms with van der Waals surface area (Å²) in [7, 11) is 0. The Morgan fingerprint density at radius 1 is 1.26 bits per heavy atom. The van der Waals surface area contributed by atoms with Crippen LogP contribution in [0.25, 0.3) is 5.43 Å². The number of rotatable bonds is 3. The third-order valence-electron chi connectivity index (χ3n) is 2.06. The number of pyridine rings is 1. The van der Waals surface area contributed by atoms with Gasteiger partial charge in [-0.15, -0.1) is 0 Å². The smallest absolute Gasteiger partial charge is 0.506 e. The SMILES string of the molecule is Oc1c(Cl)cc(Cl)cc1C=N[N-]c1ccccn1.[Fe+2]. The minimum atomic E-state index is -0.0824. The molecule has 1 heterocycles. The second-order valence-corrected chi connectivity index (χ2v) is 4.20. The molecule has 1 N–H and O–H groups in total. The molecule has 4 nitrogen and oxygen atoms in total. The van der Waals surface area contributed by atoms with Gasteiger partial charge in [0.15, 0.2) is 0 Å². The summed E-state index contributed by atoms with van der Waals surface area (Å²) >= 11 is 11.6. The molecule has 0 atom stereocenters. The fraction of sp³-hybridized carbons (Fsp3) is 0. The van der Waals surface area contributed by atoms with Gasteiger partial charge in [-0.1, -0.05) is 47.6 Å². The number of nitrogens with zero attached hydrogens (tertiary/aromatic N) is 3. The van der Waals surface area contributed by atoms with E-state index in [4.69, 9.17) is 23.2 Å². The average Bonchev–Trinajstić information content (AvgIpc) is 2.36. The van der Waals surface area contributed by atoms with Crippen molar-refractivity contribution in [2.45, 2.75) is 0 Å². The van der Waals surface area contributed by atoms with Crippen LogP contribution in [0, 0.1) is 0 Å². The Hall–Kier alpha value is -1.26. The number of phenolic OH excluding ortho intramolecular Hbond substituents is 1. The molecule has 0 aliphatic carbocycles. The van der Waals surface area contributed by atoms with Crippen LogP contribution >= 0.6 is 23.2 Å². The van der Waals surface area contributed by atoms with Crippen molar-refractivity contribution >= 4 is 35.2 Å². The van der Waals surface area contributed by atoms with Gasteiger partial charge in [-0.2, -0.15) is 0 Å². The molecule has 0 saturated carbocycles. The summed E-state index contributed by atoms with van der Waals surface area (Å²) in [5, 5.41) is 14.1. The van der Waals surface area contributed by atoms with Crippen LogP contribution in [0.3, 0.4) is 0 Å². The van der Waals surface area contributed by atoms with Gasteiger partial charge in [0.2, 0.25) is 0 Å². The average molecular weight is 337 g/mol. The summed E-state index contributed by atoms with van der Waals surface area (Å²) in [4.78, 5) is 3.97. The molecule has 2 rings (SSSR count). The van der Waals surface area contributed by atoms with E-state index in [9.17, 15) is 5.11 Å². The van der Waals surface area contributed by atoms with Gasteiger partial charge in [-0.25, -0.2) is 0 Å². The number of phenols is 1. The summed E-state index contributed by atoms with van der Waals surface area (Å²) in [5.74, 6) is 0.391. The van der Waals surface area contributed by atoms with Gasteiger partial charge in [0.1, 0.15) is 5.75 Å². The van der Waals surface area contributed by atoms with Crippen molar-refractivity contribution in [1.82, 2.24) is 4.98 Å². The molecular weight excluding hydrogens is 329 g/mol. The Morgan fingerprint density at radius 2 is 2.05 bits per heavy atom. The second-order valence-electron chi connectivity index (χ2n) is 3.36. The monoisotopic (exact) mass is 336 g/mol. The summed E-state index contributed by atoms with van der Waals surface area (Å²) < 4.78 is 0. The van der Waals surface area contributed by atoms with E-state index in [0.29, 0.717) is 16.4 Å². The maximum atomic E-state index is 9.68. The van der Waals surface area contributed by atoms with Gasteiger partial charge in [-0.05, 0) is 18.0 Å². The van der Waals surface area contributed by atoms with Gasteiger partial charge < -0.3 is 15.5 Å². The van der Waals surface area contributed by atoms with Crippen LogP contribution in [0.15, 0.2) is 41.6 Å². The third-order valence-corrected chi connectivity index (χ3v) is 2.57. The summed E-state index contributed by atoms with van der Waals surface area (Å²) in [6, 6.07) is 8.29. The molecular formula is C12H8Cl2FeN3O+. The van der Waals surface area contributed by atoms with E-state index in [0.717, 1.165) is 0 Å². The van der Waals surface area contributed by atoms with E-state index in [1.165, 1.54) is 12.3 Å². The van der Waals surface area contributed by atoms with Crippen molar-refractivity contribution in [1.29, 1.82) is 0 Å². The van der Waals surface area contributed by atoms with Gasteiger partial charge in [0.25, 0.3) is 0 Å². The Kier molecular flexibility index (Phi) is 6.12. The predicted octanol–water partition coefficient (Wildman–Crippen LogP) is 4.13. The van der Waals surface area contributed by atoms with Crippen LogP contribution in [-0.2, 0) is 17.1 Å². The Morgan fingerprint density at radius 3 is 2.74 bits per heavy atom. The van der Waals surface area contributed by atoms with Gasteiger partial charge in [0, 0.05) is 16.8 Å². The number of aromatic hydroxyl groups is 1. The fourth-order valence-electron chi connectivity index (χ4n) is 1.25. The minimum Gasteiger partial charge on any atom is -0.506 e. The predicted molar refractivity (Wildman–Crippen MR) is 73.0 cm³/mol. The number of hydrogen-bond donors (Lipinski definition) is 1. The minimum absolute atomic E-state index is 0. The fourth-order valence-corrected chi connectivity index (χ4v) is 1.76. The maximum absolute atomic E-state index is 9.68. The molecule has 0 bridgehead atoms. The van der Waals surface area contributed by atoms with Crippen molar-refractivity contribution in [3.8, 4) is 5.75 Å². The van der Waals surface area contributed by atoms with Gasteiger partial charge in [-0.3, -0.25) is 5.10 Å². The first-order valence-electron chi connectivity index (χ1n) is 5.00. The quantitative estimate of drug-likeness (QED) is 0.520. The zero-order chi connectivity index (χ0) is 13.0. The molecule has 0 fully saturated rings. The zero-order valence-corrected chi connectivity index (χ0v) is 12.1. The van der Waals surface area contributed by atoms with Crippen molar-refractivity contribution in [3.05, 3.63) is 57.6 Å². The molecule has 0 spiro atoms. The molecule has 19 heavy (non-hydrogen) atoms. The summed E-state index contributed by atoms with van der Waals surface area (Å²) in [5.41, 5.74) is 4.26. The van der Waals surface area contributed by atoms with E-state index in [2.05, 4.69) is 15.5 Å². The first-order valence-corrected chi connectivity index (χ1v) is 5.75. The molecule has 0 aliphatic heterocycles. The Balaban J connectivity index is 0.00000180. The summed E-state index contributed by atoms with van der Waals surface area (Å²) in [6.07, 6.45) is 2.98. The van der Waals surface area contributed by atoms with E-state index in [-0.39, 0.29) is 27.8 Å². The number of halogens is 2. The largest absolute Gasteiger partial charge is 2.00 e. The van der Waals surface area contributed by atoms with Crippen LogP contribution in [0.1, 0.15) is 5.56 Å². The summed E-state index contributed by atoms with van der Waals surface area (Å²) in [6.45, 7) is 0. The topological polar surface area (TPSA) is 59.6 Å². The molecule has 98 valence electrons. The van der Waals surface area contributed by atoms with Crippen molar-refractivity contribution in [3.63, 3.8) is 0 Å². The van der Waals surface area contributed by atoms with E-state index in [1.807, 2.05) is 0 Å². The molecule has 1 aromatic carbocycles. The number of benzene rings is 1. The van der Waals surface area contributed by atoms with Crippen LogP contribution in [-0.4, -0.2) is 16.3 Å². The Labute approximate surface area is 130 Å². The van der Waals surface area contributed by atoms with E-state index >= 15 is 0 Å². The van der Waals surface area contributed by atoms with E-state index in [1.54, 1.807) is 30.5 Å². The van der Waals surface area contributed by atoms with Crippen molar-refractivity contribution < 1.29 is 22.2 Å². The molecule has 0 unspecified atom stereocenters. The van der Waals surface area contributed by atoms with Crippen LogP contribution in [0.5, 0.6) is 5.75 Å². The first kappa shape index (κ1) is 15.8. The van der Waals surface area contributed by atoms with Crippen LogP contribution in [0.2, 0.25) is 10.0 Å². The van der Waals surface area contributed by atoms with Gasteiger partial charge in [0.05, 0.1) is 5.02 Å².